The lowest BCUT2D eigenvalue weighted by Crippen LogP contribution is -2.56. The van der Waals surface area contributed by atoms with Gasteiger partial charge in [-0.15, -0.1) is 0 Å². The molecule has 2 aliphatic heterocycles. The van der Waals surface area contributed by atoms with Crippen molar-refractivity contribution >= 4 is 50.5 Å². The highest BCUT2D eigenvalue weighted by Gasteiger charge is 2.48. The smallest absolute Gasteiger partial charge is 0.332 e. The molecule has 0 saturated heterocycles. The summed E-state index contributed by atoms with van der Waals surface area (Å²) in [6.45, 7) is 12.0. The van der Waals surface area contributed by atoms with Crippen molar-refractivity contribution in [3.05, 3.63) is 114 Å². The average Bonchev–Trinajstić information content (AvgIpc) is 3.59. The van der Waals surface area contributed by atoms with Crippen LogP contribution in [0, 0.1) is 0 Å². The molecule has 0 amide bonds. The zero-order valence-electron chi connectivity index (χ0n) is 24.7. The minimum Gasteiger partial charge on any atom is -0.378 e. The Morgan fingerprint density at radius 2 is 1.38 bits per heavy atom. The van der Waals surface area contributed by atoms with Gasteiger partial charge in [0.2, 0.25) is 0 Å². The summed E-state index contributed by atoms with van der Waals surface area (Å²) in [5.41, 5.74) is 18.0. The first kappa shape index (κ1) is 23.1. The molecule has 7 aromatic rings. The van der Waals surface area contributed by atoms with Gasteiger partial charge in [0.25, 0.3) is 0 Å². The minimum atomic E-state index is -0.108. The van der Waals surface area contributed by atoms with Crippen LogP contribution in [0.5, 0.6) is 0 Å². The van der Waals surface area contributed by atoms with E-state index in [4.69, 9.17) is 0 Å². The average molecular weight is 539 g/mol. The first-order valence-corrected chi connectivity index (χ1v) is 15.3. The van der Waals surface area contributed by atoms with Gasteiger partial charge in [-0.1, -0.05) is 120 Å². The molecule has 42 heavy (non-hydrogen) atoms. The lowest BCUT2D eigenvalue weighted by Gasteiger charge is -2.37. The van der Waals surface area contributed by atoms with Crippen molar-refractivity contribution in [3.63, 3.8) is 0 Å². The third kappa shape index (κ3) is 2.44. The Morgan fingerprint density at radius 3 is 2.24 bits per heavy atom. The Bertz CT molecular complexity index is 2370. The van der Waals surface area contributed by atoms with Crippen LogP contribution in [0.25, 0.3) is 60.6 Å². The SMILES string of the molecule is CC(C)(C)c1cc2c3c(c1)-n1c4ccccc4c4cccc(c41)B3n1c3c(c4cccc-2c41)-c1ccccc1C3(C)C. The highest BCUT2D eigenvalue weighted by Crippen LogP contribution is 2.55. The van der Waals surface area contributed by atoms with Crippen LogP contribution in [0.3, 0.4) is 0 Å². The van der Waals surface area contributed by atoms with E-state index in [1.54, 1.807) is 0 Å². The summed E-state index contributed by atoms with van der Waals surface area (Å²) >= 11 is 0. The van der Waals surface area contributed by atoms with E-state index >= 15 is 0 Å². The van der Waals surface area contributed by atoms with E-state index in [0.717, 1.165) is 0 Å². The van der Waals surface area contributed by atoms with Crippen LogP contribution < -0.4 is 10.9 Å². The molecule has 0 fully saturated rings. The maximum atomic E-state index is 2.76. The number of hydrogen-bond donors (Lipinski definition) is 0. The van der Waals surface area contributed by atoms with Crippen LogP contribution in [0.1, 0.15) is 51.4 Å². The van der Waals surface area contributed by atoms with Crippen LogP contribution in [-0.2, 0) is 10.8 Å². The fourth-order valence-corrected chi connectivity index (χ4v) is 8.81. The van der Waals surface area contributed by atoms with E-state index in [1.165, 1.54) is 88.4 Å². The zero-order chi connectivity index (χ0) is 28.3. The second-order valence-electron chi connectivity index (χ2n) is 14.2. The lowest BCUT2D eigenvalue weighted by molar-refractivity contribution is 0.590. The monoisotopic (exact) mass is 538 g/mol. The fourth-order valence-electron chi connectivity index (χ4n) is 8.81. The summed E-state index contributed by atoms with van der Waals surface area (Å²) in [6.07, 6.45) is 0. The second-order valence-corrected chi connectivity index (χ2v) is 14.2. The molecule has 1 aliphatic carbocycles. The number of rotatable bonds is 0. The topological polar surface area (TPSA) is 9.86 Å². The molecule has 4 heterocycles. The van der Waals surface area contributed by atoms with E-state index in [0.29, 0.717) is 0 Å². The molecule has 2 nitrogen and oxygen atoms in total. The molecule has 2 aromatic heterocycles. The second kappa shape index (κ2) is 7.10. The van der Waals surface area contributed by atoms with Crippen LogP contribution >= 0.6 is 0 Å². The first-order chi connectivity index (χ1) is 20.3. The largest absolute Gasteiger partial charge is 0.378 e. The van der Waals surface area contributed by atoms with Gasteiger partial charge >= 0.3 is 6.85 Å². The Balaban J connectivity index is 1.47. The van der Waals surface area contributed by atoms with Crippen molar-refractivity contribution in [3.8, 4) is 27.9 Å². The molecule has 0 atom stereocenters. The van der Waals surface area contributed by atoms with Gasteiger partial charge in [-0.25, -0.2) is 0 Å². The fraction of sp³-hybridized carbons (Fsp3) is 0.179. The maximum Gasteiger partial charge on any atom is 0.332 e. The van der Waals surface area contributed by atoms with E-state index in [1.807, 2.05) is 0 Å². The predicted octanol–water partition coefficient (Wildman–Crippen LogP) is 8.29. The quantitative estimate of drug-likeness (QED) is 0.172. The van der Waals surface area contributed by atoms with Gasteiger partial charge in [0.05, 0.1) is 11.0 Å². The summed E-state index contributed by atoms with van der Waals surface area (Å²) in [5.74, 6) is 0. The van der Waals surface area contributed by atoms with Crippen molar-refractivity contribution in [1.82, 2.24) is 9.05 Å². The number of benzene rings is 5. The van der Waals surface area contributed by atoms with E-state index in [-0.39, 0.29) is 17.7 Å². The van der Waals surface area contributed by atoms with Crippen molar-refractivity contribution in [2.45, 2.75) is 45.4 Å². The molecular weight excluding hydrogens is 507 g/mol. The Labute approximate surface area is 246 Å². The Kier molecular flexibility index (Phi) is 3.91. The van der Waals surface area contributed by atoms with Gasteiger partial charge in [-0.3, -0.25) is 0 Å². The summed E-state index contributed by atoms with van der Waals surface area (Å²) in [7, 11) is 0. The van der Waals surface area contributed by atoms with Crippen LogP contribution in [0.4, 0.5) is 0 Å². The molecule has 0 saturated carbocycles. The normalized spacial score (nSPS) is 15.4. The molecule has 0 N–H and O–H groups in total. The van der Waals surface area contributed by atoms with E-state index in [9.17, 15) is 0 Å². The van der Waals surface area contributed by atoms with Crippen molar-refractivity contribution < 1.29 is 0 Å². The molecular formula is C39H31BN2. The molecule has 5 aromatic carbocycles. The van der Waals surface area contributed by atoms with Gasteiger partial charge in [0, 0.05) is 49.6 Å². The number of para-hydroxylation sites is 3. The van der Waals surface area contributed by atoms with Gasteiger partial charge in [0.15, 0.2) is 0 Å². The molecule has 10 rings (SSSR count). The van der Waals surface area contributed by atoms with Crippen molar-refractivity contribution in [1.29, 1.82) is 0 Å². The van der Waals surface area contributed by atoms with Crippen molar-refractivity contribution in [2.24, 2.45) is 0 Å². The lowest BCUT2D eigenvalue weighted by atomic mass is 9.45. The minimum absolute atomic E-state index is 0.0239. The van der Waals surface area contributed by atoms with Crippen LogP contribution in [-0.4, -0.2) is 15.9 Å². The summed E-state index contributed by atoms with van der Waals surface area (Å²) in [5, 5.41) is 4.06. The molecule has 0 radical (unpaired) electrons. The Hall–Kier alpha value is -4.50. The standard InChI is InChI=1S/C39H31BN2/c1-38(2,3)22-20-28-25-14-10-16-27-33-26-13-6-8-17-29(26)39(4,5)37(33)42(35(25)27)40-30-18-11-15-24-23-12-7-9-19-31(23)41(36(24)30)32(21-22)34(28)40/h6-21H,1-5H3. The molecule has 0 unspecified atom stereocenters. The first-order valence-electron chi connectivity index (χ1n) is 15.3. The molecule has 0 spiro atoms. The highest BCUT2D eigenvalue weighted by molar-refractivity contribution is 6.89. The van der Waals surface area contributed by atoms with Gasteiger partial charge in [-0.2, -0.15) is 0 Å². The zero-order valence-corrected chi connectivity index (χ0v) is 24.7. The third-order valence-corrected chi connectivity index (χ3v) is 10.6. The maximum absolute atomic E-state index is 2.76. The van der Waals surface area contributed by atoms with Gasteiger partial charge in [0.1, 0.15) is 0 Å². The number of hydrogen-bond acceptors (Lipinski definition) is 0. The van der Waals surface area contributed by atoms with E-state index in [2.05, 4.69) is 141 Å². The number of nitrogens with zero attached hydrogens (tertiary/aromatic N) is 2. The summed E-state index contributed by atoms with van der Waals surface area (Å²) in [6, 6.07) is 37.1. The van der Waals surface area contributed by atoms with Crippen LogP contribution in [0.2, 0.25) is 0 Å². The summed E-state index contributed by atoms with van der Waals surface area (Å²) < 4.78 is 5.35. The van der Waals surface area contributed by atoms with Gasteiger partial charge < -0.3 is 9.05 Å². The highest BCUT2D eigenvalue weighted by atomic mass is 15.0. The number of fused-ring (bicyclic) bond motifs is 12. The van der Waals surface area contributed by atoms with Crippen LogP contribution in [0.15, 0.2) is 97.1 Å². The molecule has 3 aliphatic rings. The molecule has 3 heteroatoms. The molecule has 0 bridgehead atoms. The predicted molar refractivity (Wildman–Crippen MR) is 178 cm³/mol. The van der Waals surface area contributed by atoms with Gasteiger partial charge in [-0.05, 0) is 50.7 Å². The Morgan fingerprint density at radius 1 is 0.667 bits per heavy atom. The summed E-state index contributed by atoms with van der Waals surface area (Å²) in [4.78, 5) is 0. The van der Waals surface area contributed by atoms with Crippen molar-refractivity contribution in [2.75, 3.05) is 0 Å². The molecule has 200 valence electrons. The van der Waals surface area contributed by atoms with E-state index < -0.39 is 0 Å². The number of aromatic nitrogens is 2. The third-order valence-electron chi connectivity index (χ3n) is 10.6.